The summed E-state index contributed by atoms with van der Waals surface area (Å²) < 4.78 is 27.8. The van der Waals surface area contributed by atoms with Crippen molar-refractivity contribution in [1.29, 1.82) is 0 Å². The average Bonchev–Trinajstić information content (AvgIpc) is 2.44. The van der Waals surface area contributed by atoms with Gasteiger partial charge in [0, 0.05) is 18.0 Å². The molecule has 0 saturated heterocycles. The van der Waals surface area contributed by atoms with Crippen molar-refractivity contribution in [2.75, 3.05) is 6.54 Å². The van der Waals surface area contributed by atoms with Gasteiger partial charge in [0.1, 0.15) is 0 Å². The number of nitrogens with zero attached hydrogens (tertiary/aromatic N) is 1. The number of aryl methyl sites for hydroxylation is 1. The predicted molar refractivity (Wildman–Crippen MR) is 70.9 cm³/mol. The van der Waals surface area contributed by atoms with Gasteiger partial charge in [-0.3, -0.25) is 4.98 Å². The predicted octanol–water partition coefficient (Wildman–Crippen LogP) is 3.37. The second-order valence-corrected chi connectivity index (χ2v) is 4.37. The van der Waals surface area contributed by atoms with Crippen molar-refractivity contribution in [1.82, 2.24) is 10.3 Å². The molecule has 4 heteroatoms. The van der Waals surface area contributed by atoms with Crippen LogP contribution in [0.1, 0.15) is 29.7 Å². The zero-order chi connectivity index (χ0) is 13.8. The fourth-order valence-corrected chi connectivity index (χ4v) is 2.05. The molecular formula is C15H16F2N2. The molecule has 0 fully saturated rings. The summed E-state index contributed by atoms with van der Waals surface area (Å²) in [6.45, 7) is 4.13. The van der Waals surface area contributed by atoms with Gasteiger partial charge in [-0.25, -0.2) is 8.78 Å². The summed E-state index contributed by atoms with van der Waals surface area (Å²) in [4.78, 5) is 3.94. The molecule has 1 aromatic carbocycles. The zero-order valence-corrected chi connectivity index (χ0v) is 11.0. The molecule has 100 valence electrons. The maximum absolute atomic E-state index is 14.1. The van der Waals surface area contributed by atoms with Crippen LogP contribution in [-0.2, 0) is 0 Å². The van der Waals surface area contributed by atoms with Crippen LogP contribution in [0.4, 0.5) is 8.78 Å². The van der Waals surface area contributed by atoms with Crippen molar-refractivity contribution < 1.29 is 8.78 Å². The van der Waals surface area contributed by atoms with Crippen LogP contribution in [0.15, 0.2) is 36.7 Å². The van der Waals surface area contributed by atoms with Gasteiger partial charge in [0.05, 0.1) is 6.04 Å². The van der Waals surface area contributed by atoms with Gasteiger partial charge < -0.3 is 5.32 Å². The third-order valence-electron chi connectivity index (χ3n) is 3.06. The maximum Gasteiger partial charge on any atom is 0.164 e. The lowest BCUT2D eigenvalue weighted by atomic mass is 9.97. The van der Waals surface area contributed by atoms with Crippen molar-refractivity contribution in [3.05, 3.63) is 65.0 Å². The van der Waals surface area contributed by atoms with Gasteiger partial charge in [-0.15, -0.1) is 0 Å². The van der Waals surface area contributed by atoms with E-state index in [1.165, 1.54) is 0 Å². The van der Waals surface area contributed by atoms with Crippen LogP contribution in [-0.4, -0.2) is 11.5 Å². The van der Waals surface area contributed by atoms with Crippen LogP contribution in [0.3, 0.4) is 0 Å². The van der Waals surface area contributed by atoms with E-state index in [1.54, 1.807) is 43.6 Å². The standard InChI is InChI=1S/C15H16F2N2/c1-3-19-15(11-6-8-18-9-7-11)12-5-4-10(2)13(16)14(12)17/h4-9,15,19H,3H2,1-2H3. The van der Waals surface area contributed by atoms with E-state index in [4.69, 9.17) is 0 Å². The van der Waals surface area contributed by atoms with Crippen LogP contribution in [0, 0.1) is 18.6 Å². The highest BCUT2D eigenvalue weighted by atomic mass is 19.2. The molecule has 2 aromatic rings. The first-order valence-electron chi connectivity index (χ1n) is 6.23. The van der Waals surface area contributed by atoms with Crippen LogP contribution < -0.4 is 5.32 Å². The fourth-order valence-electron chi connectivity index (χ4n) is 2.05. The third-order valence-corrected chi connectivity index (χ3v) is 3.06. The molecule has 0 saturated carbocycles. The molecule has 0 bridgehead atoms. The molecule has 1 heterocycles. The van der Waals surface area contributed by atoms with Gasteiger partial charge in [0.2, 0.25) is 0 Å². The number of benzene rings is 1. The Bertz CT molecular complexity index is 556. The normalized spacial score (nSPS) is 12.4. The summed E-state index contributed by atoms with van der Waals surface area (Å²) in [6, 6.07) is 6.44. The minimum atomic E-state index is -0.789. The molecule has 1 aromatic heterocycles. The van der Waals surface area contributed by atoms with Gasteiger partial charge in [0.25, 0.3) is 0 Å². The summed E-state index contributed by atoms with van der Waals surface area (Å²) in [5.41, 5.74) is 1.49. The highest BCUT2D eigenvalue weighted by Crippen LogP contribution is 2.26. The van der Waals surface area contributed by atoms with E-state index in [-0.39, 0.29) is 6.04 Å². The summed E-state index contributed by atoms with van der Waals surface area (Å²) in [6.07, 6.45) is 3.28. The molecule has 0 aliphatic rings. The van der Waals surface area contributed by atoms with Crippen molar-refractivity contribution in [2.45, 2.75) is 19.9 Å². The largest absolute Gasteiger partial charge is 0.306 e. The lowest BCUT2D eigenvalue weighted by molar-refractivity contribution is 0.478. The van der Waals surface area contributed by atoms with Gasteiger partial charge in [-0.2, -0.15) is 0 Å². The first kappa shape index (κ1) is 13.6. The van der Waals surface area contributed by atoms with E-state index in [0.29, 0.717) is 17.7 Å². The van der Waals surface area contributed by atoms with Crippen molar-refractivity contribution in [3.63, 3.8) is 0 Å². The Morgan fingerprint density at radius 3 is 2.42 bits per heavy atom. The SMILES string of the molecule is CCNC(c1ccncc1)c1ccc(C)c(F)c1F. The van der Waals surface area contributed by atoms with Crippen LogP contribution in [0.5, 0.6) is 0 Å². The molecule has 0 aliphatic carbocycles. The molecule has 0 radical (unpaired) electrons. The van der Waals surface area contributed by atoms with E-state index < -0.39 is 11.6 Å². The Hall–Kier alpha value is -1.81. The van der Waals surface area contributed by atoms with Crippen molar-refractivity contribution in [3.8, 4) is 0 Å². The average molecular weight is 262 g/mol. The van der Waals surface area contributed by atoms with Crippen molar-refractivity contribution >= 4 is 0 Å². The van der Waals surface area contributed by atoms with E-state index in [1.807, 2.05) is 6.92 Å². The number of rotatable bonds is 4. The number of halogens is 2. The molecule has 19 heavy (non-hydrogen) atoms. The van der Waals surface area contributed by atoms with Crippen LogP contribution >= 0.6 is 0 Å². The highest BCUT2D eigenvalue weighted by Gasteiger charge is 2.20. The molecule has 0 spiro atoms. The molecule has 0 amide bonds. The minimum absolute atomic E-state index is 0.311. The van der Waals surface area contributed by atoms with E-state index >= 15 is 0 Å². The summed E-state index contributed by atoms with van der Waals surface area (Å²) in [5, 5.41) is 3.17. The van der Waals surface area contributed by atoms with E-state index in [2.05, 4.69) is 10.3 Å². The van der Waals surface area contributed by atoms with E-state index in [9.17, 15) is 8.78 Å². The summed E-state index contributed by atoms with van der Waals surface area (Å²) in [5.74, 6) is -1.57. The maximum atomic E-state index is 14.1. The zero-order valence-electron chi connectivity index (χ0n) is 11.0. The molecule has 0 aliphatic heterocycles. The lowest BCUT2D eigenvalue weighted by Crippen LogP contribution is -2.23. The van der Waals surface area contributed by atoms with Crippen molar-refractivity contribution in [2.24, 2.45) is 0 Å². The van der Waals surface area contributed by atoms with Crippen LogP contribution in [0.25, 0.3) is 0 Å². The number of pyridine rings is 1. The molecule has 1 N–H and O–H groups in total. The fraction of sp³-hybridized carbons (Fsp3) is 0.267. The number of hydrogen-bond donors (Lipinski definition) is 1. The molecule has 1 atom stereocenters. The second kappa shape index (κ2) is 5.89. The highest BCUT2D eigenvalue weighted by molar-refractivity contribution is 5.34. The Kier molecular flexibility index (Phi) is 4.22. The first-order valence-corrected chi connectivity index (χ1v) is 6.23. The van der Waals surface area contributed by atoms with E-state index in [0.717, 1.165) is 5.56 Å². The Morgan fingerprint density at radius 1 is 1.11 bits per heavy atom. The molecule has 1 unspecified atom stereocenters. The molecule has 2 nitrogen and oxygen atoms in total. The third kappa shape index (κ3) is 2.79. The number of nitrogens with one attached hydrogen (secondary N) is 1. The van der Waals surface area contributed by atoms with Gasteiger partial charge in [-0.1, -0.05) is 19.1 Å². The molecule has 2 rings (SSSR count). The lowest BCUT2D eigenvalue weighted by Gasteiger charge is -2.20. The second-order valence-electron chi connectivity index (χ2n) is 4.37. The Morgan fingerprint density at radius 2 is 1.79 bits per heavy atom. The summed E-state index contributed by atoms with van der Waals surface area (Å²) in [7, 11) is 0. The monoisotopic (exact) mass is 262 g/mol. The van der Waals surface area contributed by atoms with Gasteiger partial charge >= 0.3 is 0 Å². The smallest absolute Gasteiger partial charge is 0.164 e. The summed E-state index contributed by atoms with van der Waals surface area (Å²) >= 11 is 0. The van der Waals surface area contributed by atoms with Gasteiger partial charge in [-0.05, 0) is 36.7 Å². The first-order chi connectivity index (χ1) is 9.15. The van der Waals surface area contributed by atoms with Gasteiger partial charge in [0.15, 0.2) is 11.6 Å². The molecular weight excluding hydrogens is 246 g/mol. The Labute approximate surface area is 111 Å². The number of hydrogen-bond acceptors (Lipinski definition) is 2. The number of aromatic nitrogens is 1. The quantitative estimate of drug-likeness (QED) is 0.913. The Balaban J connectivity index is 2.49. The topological polar surface area (TPSA) is 24.9 Å². The minimum Gasteiger partial charge on any atom is -0.306 e. The van der Waals surface area contributed by atoms with Crippen LogP contribution in [0.2, 0.25) is 0 Å².